The Kier molecular flexibility index (Phi) is 5.50. The molecule has 6 heteroatoms. The minimum Gasteiger partial charge on any atom is -0.344 e. The Bertz CT molecular complexity index is 1260. The van der Waals surface area contributed by atoms with E-state index in [1.807, 2.05) is 68.4 Å². The van der Waals surface area contributed by atoms with Crippen LogP contribution in [0.2, 0.25) is 0 Å². The fraction of sp³-hybridized carbons (Fsp3) is 0.200. The third-order valence-electron chi connectivity index (χ3n) is 5.61. The maximum atomic E-state index is 13.4. The number of carbonyl (C=O) groups is 1. The summed E-state index contributed by atoms with van der Waals surface area (Å²) in [5.41, 5.74) is 4.40. The third-order valence-corrected chi connectivity index (χ3v) is 5.61. The highest BCUT2D eigenvalue weighted by molar-refractivity contribution is 6.03. The summed E-state index contributed by atoms with van der Waals surface area (Å²) in [6.07, 6.45) is 0. The van der Waals surface area contributed by atoms with E-state index < -0.39 is 5.92 Å². The van der Waals surface area contributed by atoms with Crippen molar-refractivity contribution in [3.05, 3.63) is 95.1 Å². The van der Waals surface area contributed by atoms with Gasteiger partial charge in [-0.25, -0.2) is 0 Å². The van der Waals surface area contributed by atoms with Crippen LogP contribution in [-0.2, 0) is 13.6 Å². The van der Waals surface area contributed by atoms with E-state index in [1.54, 1.807) is 11.6 Å². The number of ketones is 1. The van der Waals surface area contributed by atoms with Crippen LogP contribution in [0.4, 0.5) is 0 Å². The summed E-state index contributed by atoms with van der Waals surface area (Å²) in [6, 6.07) is 23.7. The molecule has 2 aromatic heterocycles. The van der Waals surface area contributed by atoms with E-state index in [4.69, 9.17) is 0 Å². The van der Waals surface area contributed by atoms with Crippen molar-refractivity contribution in [2.24, 2.45) is 7.05 Å². The van der Waals surface area contributed by atoms with E-state index in [0.717, 1.165) is 22.5 Å². The first-order chi connectivity index (χ1) is 15.0. The van der Waals surface area contributed by atoms with Crippen LogP contribution in [-0.4, -0.2) is 25.1 Å². The summed E-state index contributed by atoms with van der Waals surface area (Å²) in [4.78, 5) is 13.4. The normalized spacial score (nSPS) is 11.8. The Labute approximate surface area is 181 Å². The number of aromatic nitrogens is 4. The molecule has 1 atom stereocenters. The summed E-state index contributed by atoms with van der Waals surface area (Å²) in [6.45, 7) is 4.57. The smallest absolute Gasteiger partial charge is 0.189 e. The van der Waals surface area contributed by atoms with Gasteiger partial charge in [0.25, 0.3) is 0 Å². The van der Waals surface area contributed by atoms with Crippen LogP contribution in [0, 0.1) is 25.2 Å². The Morgan fingerprint density at radius 1 is 1.03 bits per heavy atom. The molecule has 1 unspecified atom stereocenters. The highest BCUT2D eigenvalue weighted by Gasteiger charge is 2.30. The van der Waals surface area contributed by atoms with Crippen molar-refractivity contribution < 1.29 is 4.79 Å². The maximum absolute atomic E-state index is 13.4. The van der Waals surface area contributed by atoms with Crippen molar-refractivity contribution in [1.82, 2.24) is 19.3 Å². The van der Waals surface area contributed by atoms with Gasteiger partial charge in [-0.2, -0.15) is 5.26 Å². The number of Topliss-reactive ketones (excluding diaryl/α,β-unsaturated/α-hetero) is 1. The zero-order valence-electron chi connectivity index (χ0n) is 17.8. The third kappa shape index (κ3) is 3.78. The quantitative estimate of drug-likeness (QED) is 0.441. The van der Waals surface area contributed by atoms with Crippen LogP contribution < -0.4 is 0 Å². The molecule has 0 fully saturated rings. The second-order valence-electron chi connectivity index (χ2n) is 7.59. The van der Waals surface area contributed by atoms with Crippen LogP contribution in [0.3, 0.4) is 0 Å². The SMILES string of the molecule is Cc1cc(C(=O)C(C#N)c2nnc(-c3ccccc3)n2C)c(C)n1Cc1ccccc1. The van der Waals surface area contributed by atoms with Gasteiger partial charge in [-0.3, -0.25) is 4.79 Å². The molecule has 0 saturated carbocycles. The maximum Gasteiger partial charge on any atom is 0.189 e. The second-order valence-corrected chi connectivity index (χ2v) is 7.59. The summed E-state index contributed by atoms with van der Waals surface area (Å²) < 4.78 is 3.83. The Morgan fingerprint density at radius 2 is 1.68 bits per heavy atom. The molecule has 0 N–H and O–H groups in total. The van der Waals surface area contributed by atoms with Gasteiger partial charge < -0.3 is 9.13 Å². The highest BCUT2D eigenvalue weighted by Crippen LogP contribution is 2.26. The van der Waals surface area contributed by atoms with E-state index in [9.17, 15) is 10.1 Å². The lowest BCUT2D eigenvalue weighted by Gasteiger charge is -2.11. The van der Waals surface area contributed by atoms with Crippen molar-refractivity contribution in [2.75, 3.05) is 0 Å². The fourth-order valence-corrected chi connectivity index (χ4v) is 3.88. The van der Waals surface area contributed by atoms with Gasteiger partial charge in [-0.1, -0.05) is 60.7 Å². The first-order valence-corrected chi connectivity index (χ1v) is 10.1. The lowest BCUT2D eigenvalue weighted by molar-refractivity contribution is 0.0974. The van der Waals surface area contributed by atoms with Crippen LogP contribution in [0.15, 0.2) is 66.7 Å². The van der Waals surface area contributed by atoms with Crippen LogP contribution >= 0.6 is 0 Å². The molecule has 6 nitrogen and oxygen atoms in total. The molecule has 4 rings (SSSR count). The van der Waals surface area contributed by atoms with Gasteiger partial charge >= 0.3 is 0 Å². The molecule has 0 aliphatic rings. The number of aryl methyl sites for hydroxylation is 1. The van der Waals surface area contributed by atoms with E-state index in [2.05, 4.69) is 33.0 Å². The van der Waals surface area contributed by atoms with Crippen molar-refractivity contribution in [2.45, 2.75) is 26.3 Å². The van der Waals surface area contributed by atoms with E-state index in [0.29, 0.717) is 23.8 Å². The zero-order valence-corrected chi connectivity index (χ0v) is 17.8. The molecule has 0 amide bonds. The van der Waals surface area contributed by atoms with Crippen LogP contribution in [0.5, 0.6) is 0 Å². The molecule has 0 aliphatic heterocycles. The molecule has 154 valence electrons. The minimum atomic E-state index is -1.03. The molecule has 0 aliphatic carbocycles. The topological polar surface area (TPSA) is 76.5 Å². The van der Waals surface area contributed by atoms with Crippen molar-refractivity contribution in [3.8, 4) is 17.5 Å². The predicted molar refractivity (Wildman–Crippen MR) is 119 cm³/mol. The number of rotatable bonds is 6. The summed E-state index contributed by atoms with van der Waals surface area (Å²) in [7, 11) is 1.79. The van der Waals surface area contributed by atoms with Gasteiger partial charge in [-0.15, -0.1) is 10.2 Å². The predicted octanol–water partition coefficient (Wildman–Crippen LogP) is 4.44. The average Bonchev–Trinajstić information content (AvgIpc) is 3.30. The van der Waals surface area contributed by atoms with Gasteiger partial charge in [0, 0.05) is 36.1 Å². The Hall–Kier alpha value is -3.98. The van der Waals surface area contributed by atoms with Gasteiger partial charge in [0.15, 0.2) is 23.3 Å². The minimum absolute atomic E-state index is 0.259. The summed E-state index contributed by atoms with van der Waals surface area (Å²) in [5.74, 6) is -0.317. The van der Waals surface area contributed by atoms with E-state index >= 15 is 0 Å². The van der Waals surface area contributed by atoms with E-state index in [1.165, 1.54) is 0 Å². The number of nitriles is 1. The van der Waals surface area contributed by atoms with Gasteiger partial charge in [0.1, 0.15) is 0 Å². The molecular formula is C25H23N5O. The molecule has 2 aromatic carbocycles. The van der Waals surface area contributed by atoms with Crippen molar-refractivity contribution in [3.63, 3.8) is 0 Å². The Morgan fingerprint density at radius 3 is 2.32 bits per heavy atom. The monoisotopic (exact) mass is 409 g/mol. The second kappa shape index (κ2) is 8.41. The molecule has 0 spiro atoms. The molecule has 0 saturated heterocycles. The zero-order chi connectivity index (χ0) is 22.0. The standard InChI is InChI=1S/C25H23N5O/c1-17-14-21(18(2)30(17)16-19-10-6-4-7-11-19)23(31)22(15-26)25-28-27-24(29(25)3)20-12-8-5-9-13-20/h4-14,22H,16H2,1-3H3. The molecule has 0 bridgehead atoms. The summed E-state index contributed by atoms with van der Waals surface area (Å²) >= 11 is 0. The van der Waals surface area contributed by atoms with Crippen molar-refractivity contribution >= 4 is 5.78 Å². The van der Waals surface area contributed by atoms with Gasteiger partial charge in [0.2, 0.25) is 0 Å². The largest absolute Gasteiger partial charge is 0.344 e. The van der Waals surface area contributed by atoms with Gasteiger partial charge in [0.05, 0.1) is 6.07 Å². The number of hydrogen-bond acceptors (Lipinski definition) is 4. The first-order valence-electron chi connectivity index (χ1n) is 10.1. The molecule has 31 heavy (non-hydrogen) atoms. The molecule has 2 heterocycles. The highest BCUT2D eigenvalue weighted by atomic mass is 16.1. The number of hydrogen-bond donors (Lipinski definition) is 0. The van der Waals surface area contributed by atoms with Crippen molar-refractivity contribution in [1.29, 1.82) is 5.26 Å². The Balaban J connectivity index is 1.67. The van der Waals surface area contributed by atoms with Gasteiger partial charge in [-0.05, 0) is 25.5 Å². The fourth-order valence-electron chi connectivity index (χ4n) is 3.88. The number of benzene rings is 2. The molecule has 0 radical (unpaired) electrons. The summed E-state index contributed by atoms with van der Waals surface area (Å²) in [5, 5.41) is 18.3. The number of carbonyl (C=O) groups excluding carboxylic acids is 1. The van der Waals surface area contributed by atoms with E-state index in [-0.39, 0.29) is 5.78 Å². The van der Waals surface area contributed by atoms with Crippen LogP contribution in [0.25, 0.3) is 11.4 Å². The number of nitrogens with zero attached hydrogens (tertiary/aromatic N) is 5. The lowest BCUT2D eigenvalue weighted by Crippen LogP contribution is -2.17. The van der Waals surface area contributed by atoms with Crippen LogP contribution in [0.1, 0.15) is 39.1 Å². The molecule has 4 aromatic rings. The average molecular weight is 409 g/mol. The molecular weight excluding hydrogens is 386 g/mol. The first kappa shape index (κ1) is 20.3. The lowest BCUT2D eigenvalue weighted by atomic mass is 9.98.